The molecule has 1 saturated heterocycles. The molecule has 3 N–H and O–H groups in total. The number of allylic oxidation sites excluding steroid dienone is 5. The number of methoxy groups -OCH3 is 1. The highest BCUT2D eigenvalue weighted by Gasteiger charge is 2.78. The number of amides is 1. The van der Waals surface area contributed by atoms with E-state index < -0.39 is 131 Å². The average Bonchev–Trinajstić information content (AvgIpc) is 3.32. The quantitative estimate of drug-likeness (QED) is 0.0920. The van der Waals surface area contributed by atoms with Gasteiger partial charge in [0.2, 0.25) is 6.10 Å². The van der Waals surface area contributed by atoms with Crippen molar-refractivity contribution in [2.24, 2.45) is 22.7 Å². The first-order valence-electron chi connectivity index (χ1n) is 23.9. The Balaban J connectivity index is 1.41. The number of ether oxygens (including phenoxy) is 8. The maximum atomic E-state index is 15.7. The number of carbonyl (C=O) groups excluding carboxylic acids is 7. The molecule has 4 aliphatic carbocycles. The molecule has 386 valence electrons. The lowest BCUT2D eigenvalue weighted by Crippen LogP contribution is -2.82. The summed E-state index contributed by atoms with van der Waals surface area (Å²) in [5.41, 5.74) is -7.74. The lowest BCUT2D eigenvalue weighted by molar-refractivity contribution is -0.346. The standard InChI is InChI=1S/C54H63NO17/c1-31-37(69-50(63)44(70-40(59)29-66-26-25-65-7)42(34-19-13-9-8-10-14-20-34)55-48(61)35-21-15-11-16-22-35)28-54(64)47(71-49(62)36-23-17-12-18-24-36)45-52(6,38(58)27-39-53(45,30-67-39)72-33(3)57)46(60)43(68-32(2)56)41(31)51(54,4)5/h8-19,21-24,34,37-39,42-45,47,58,64H,20,25-30H2,1-7H3,(H,55,61)/b9-8-,14-10-,19-13+/t34?,37-,38-,39+,42-,43+,44+,45-,47-,52+,53-,54+/m0/s1. The average molecular weight is 998 g/mol. The van der Waals surface area contributed by atoms with Crippen LogP contribution in [-0.2, 0) is 61.9 Å². The highest BCUT2D eigenvalue weighted by molar-refractivity contribution is 5.96. The zero-order valence-corrected chi connectivity index (χ0v) is 41.4. The molecule has 7 rings (SSSR count). The molecule has 0 spiro atoms. The second-order valence-corrected chi connectivity index (χ2v) is 19.6. The van der Waals surface area contributed by atoms with E-state index in [-0.39, 0.29) is 54.9 Å². The van der Waals surface area contributed by atoms with Crippen molar-refractivity contribution in [1.29, 1.82) is 0 Å². The Hall–Kier alpha value is -6.31. The van der Waals surface area contributed by atoms with E-state index in [0.717, 1.165) is 13.8 Å². The van der Waals surface area contributed by atoms with Crippen LogP contribution < -0.4 is 5.32 Å². The minimum absolute atomic E-state index is 0.00149. The number of rotatable bonds is 16. The van der Waals surface area contributed by atoms with E-state index in [1.54, 1.807) is 92.8 Å². The molecule has 1 aliphatic heterocycles. The smallest absolute Gasteiger partial charge is 0.350 e. The summed E-state index contributed by atoms with van der Waals surface area (Å²) < 4.78 is 47.4. The van der Waals surface area contributed by atoms with Crippen LogP contribution in [-0.4, -0.2) is 139 Å². The normalized spacial score (nSPS) is 32.3. The summed E-state index contributed by atoms with van der Waals surface area (Å²) in [5.74, 6) is -8.69. The van der Waals surface area contributed by atoms with Crippen LogP contribution in [0, 0.1) is 22.7 Å². The Morgan fingerprint density at radius 3 is 2.15 bits per heavy atom. The molecule has 18 heteroatoms. The molecular formula is C54H63NO17. The van der Waals surface area contributed by atoms with Gasteiger partial charge in [-0.25, -0.2) is 14.4 Å². The van der Waals surface area contributed by atoms with Gasteiger partial charge in [-0.1, -0.05) is 86.7 Å². The monoisotopic (exact) mass is 997 g/mol. The van der Waals surface area contributed by atoms with E-state index in [1.807, 2.05) is 6.08 Å². The zero-order chi connectivity index (χ0) is 52.2. The lowest BCUT2D eigenvalue weighted by Gasteiger charge is -2.67. The van der Waals surface area contributed by atoms with Crippen LogP contribution >= 0.6 is 0 Å². The van der Waals surface area contributed by atoms with E-state index >= 15 is 9.59 Å². The summed E-state index contributed by atoms with van der Waals surface area (Å²) in [6, 6.07) is 14.7. The minimum Gasteiger partial charge on any atom is -0.455 e. The molecule has 1 unspecified atom stereocenters. The fourth-order valence-electron chi connectivity index (χ4n) is 11.2. The summed E-state index contributed by atoms with van der Waals surface area (Å²) in [4.78, 5) is 99.7. The van der Waals surface area contributed by atoms with Crippen molar-refractivity contribution in [2.45, 2.75) is 115 Å². The van der Waals surface area contributed by atoms with Crippen LogP contribution in [0.1, 0.15) is 81.5 Å². The van der Waals surface area contributed by atoms with Crippen LogP contribution in [0.5, 0.6) is 0 Å². The van der Waals surface area contributed by atoms with Gasteiger partial charge in [-0.05, 0) is 55.7 Å². The first-order chi connectivity index (χ1) is 34.2. The van der Waals surface area contributed by atoms with Crippen molar-refractivity contribution in [3.63, 3.8) is 0 Å². The van der Waals surface area contributed by atoms with Crippen LogP contribution in [0.2, 0.25) is 0 Å². The molecule has 12 atom stereocenters. The van der Waals surface area contributed by atoms with Crippen LogP contribution in [0.3, 0.4) is 0 Å². The van der Waals surface area contributed by atoms with Gasteiger partial charge in [0.1, 0.15) is 30.5 Å². The van der Waals surface area contributed by atoms with Crippen molar-refractivity contribution in [3.05, 3.63) is 119 Å². The van der Waals surface area contributed by atoms with Gasteiger partial charge in [-0.2, -0.15) is 0 Å². The van der Waals surface area contributed by atoms with Gasteiger partial charge >= 0.3 is 29.8 Å². The number of ketones is 1. The SMILES string of the molecule is COCCOCC(=O)O[C@@H](C(=O)O[C@H]1C[C@@]2(O)[C@@H](OC(=O)c3ccccc3)[C@@H]3[C@]4(OC(C)=O)CO[C@@H]4C[C@H](O)[C@@]3(C)C(=O)[C@H](OC(C)=O)C(=C1C)C2(C)C)[C@@H](NC(=O)c1ccccc1)C1/C=C/C=C\C=C/C1. The first kappa shape index (κ1) is 53.5. The summed E-state index contributed by atoms with van der Waals surface area (Å²) >= 11 is 0. The highest BCUT2D eigenvalue weighted by atomic mass is 16.6. The number of Topliss-reactive ketones (excluding diaryl/α,β-unsaturated/α-hetero) is 1. The van der Waals surface area contributed by atoms with Crippen LogP contribution in [0.25, 0.3) is 0 Å². The molecule has 5 aliphatic rings. The molecule has 2 aromatic rings. The van der Waals surface area contributed by atoms with E-state index in [9.17, 15) is 34.2 Å². The number of aliphatic hydroxyl groups excluding tert-OH is 1. The number of esters is 5. The third kappa shape index (κ3) is 10.2. The predicted octanol–water partition coefficient (Wildman–Crippen LogP) is 4.27. The number of aliphatic hydroxyl groups is 2. The Morgan fingerprint density at radius 2 is 1.53 bits per heavy atom. The second kappa shape index (κ2) is 21.8. The number of benzene rings is 2. The summed E-state index contributed by atoms with van der Waals surface area (Å²) in [7, 11) is 1.45. The number of hydrogen-bond donors (Lipinski definition) is 3. The second-order valence-electron chi connectivity index (χ2n) is 19.6. The van der Waals surface area contributed by atoms with Crippen molar-refractivity contribution in [2.75, 3.05) is 33.5 Å². The van der Waals surface area contributed by atoms with E-state index in [0.29, 0.717) is 0 Å². The summed E-state index contributed by atoms with van der Waals surface area (Å²) in [5, 5.41) is 29.1. The third-order valence-corrected chi connectivity index (χ3v) is 14.9. The molecule has 1 heterocycles. The van der Waals surface area contributed by atoms with Gasteiger partial charge in [0.05, 0.1) is 48.9 Å². The molecule has 72 heavy (non-hydrogen) atoms. The molecule has 2 saturated carbocycles. The van der Waals surface area contributed by atoms with E-state index in [4.69, 9.17) is 37.9 Å². The van der Waals surface area contributed by atoms with Gasteiger partial charge in [-0.3, -0.25) is 19.2 Å². The molecule has 2 aromatic carbocycles. The zero-order valence-electron chi connectivity index (χ0n) is 41.4. The van der Waals surface area contributed by atoms with Gasteiger partial charge < -0.3 is 53.4 Å². The van der Waals surface area contributed by atoms with Crippen molar-refractivity contribution < 1.29 is 81.7 Å². The van der Waals surface area contributed by atoms with E-state index in [1.165, 1.54) is 33.1 Å². The van der Waals surface area contributed by atoms with Crippen molar-refractivity contribution in [1.82, 2.24) is 5.32 Å². The van der Waals surface area contributed by atoms with Crippen molar-refractivity contribution in [3.8, 4) is 0 Å². The van der Waals surface area contributed by atoms with E-state index in [2.05, 4.69) is 5.32 Å². The molecule has 3 fully saturated rings. The Labute approximate surface area is 417 Å². The topological polar surface area (TPSA) is 246 Å². The molecule has 1 amide bonds. The maximum absolute atomic E-state index is 15.7. The first-order valence-corrected chi connectivity index (χ1v) is 23.9. The molecule has 0 radical (unpaired) electrons. The fourth-order valence-corrected chi connectivity index (χ4v) is 11.2. The van der Waals surface area contributed by atoms with Gasteiger partial charge in [0, 0.05) is 50.7 Å². The lowest BCUT2D eigenvalue weighted by atomic mass is 9.44. The summed E-state index contributed by atoms with van der Waals surface area (Å²) in [6.07, 6.45) is 0.0800. The molecular weight excluding hydrogens is 935 g/mol. The minimum atomic E-state index is -2.46. The Morgan fingerprint density at radius 1 is 0.861 bits per heavy atom. The Kier molecular flexibility index (Phi) is 16.2. The number of fused-ring (bicyclic) bond motifs is 5. The van der Waals surface area contributed by atoms with Gasteiger partial charge in [0.15, 0.2) is 17.5 Å². The number of carbonyl (C=O) groups is 7. The summed E-state index contributed by atoms with van der Waals surface area (Å²) in [6.45, 7) is 7.42. The Bertz CT molecular complexity index is 2520. The van der Waals surface area contributed by atoms with Gasteiger partial charge in [0.25, 0.3) is 5.91 Å². The maximum Gasteiger partial charge on any atom is 0.350 e. The largest absolute Gasteiger partial charge is 0.455 e. The van der Waals surface area contributed by atoms with Crippen LogP contribution in [0.4, 0.5) is 0 Å². The highest BCUT2D eigenvalue weighted by Crippen LogP contribution is 2.64. The molecule has 2 bridgehead atoms. The van der Waals surface area contributed by atoms with Crippen molar-refractivity contribution >= 4 is 41.5 Å². The van der Waals surface area contributed by atoms with Crippen LogP contribution in [0.15, 0.2) is 108 Å². The fraction of sp³-hybridized carbons (Fsp3) is 0.500. The molecule has 0 aromatic heterocycles. The number of nitrogens with one attached hydrogen (secondary N) is 1. The van der Waals surface area contributed by atoms with Gasteiger partial charge in [-0.15, -0.1) is 0 Å². The molecule has 18 nitrogen and oxygen atoms in total. The predicted molar refractivity (Wildman–Crippen MR) is 254 cm³/mol. The number of hydrogen-bond acceptors (Lipinski definition) is 17. The third-order valence-electron chi connectivity index (χ3n) is 14.9.